The Bertz CT molecular complexity index is 1470. The van der Waals surface area contributed by atoms with Crippen LogP contribution in [0.2, 0.25) is 0 Å². The molecular weight excluding hydrogens is 462 g/mol. The van der Waals surface area contributed by atoms with E-state index >= 15 is 0 Å². The molecule has 1 amide bonds. The summed E-state index contributed by atoms with van der Waals surface area (Å²) < 4.78 is 56.4. The van der Waals surface area contributed by atoms with E-state index in [-0.39, 0.29) is 22.3 Å². The zero-order valence-corrected chi connectivity index (χ0v) is 18.7. The lowest BCUT2D eigenvalue weighted by Gasteiger charge is -2.16. The molecule has 1 saturated heterocycles. The van der Waals surface area contributed by atoms with E-state index in [4.69, 9.17) is 0 Å². The molecule has 1 aromatic heterocycles. The van der Waals surface area contributed by atoms with E-state index < -0.39 is 16.6 Å². The van der Waals surface area contributed by atoms with E-state index in [1.54, 1.807) is 53.4 Å². The van der Waals surface area contributed by atoms with Gasteiger partial charge in [-0.2, -0.15) is 8.78 Å². The number of hydrogen-bond acceptors (Lipinski definition) is 4. The van der Waals surface area contributed by atoms with Crippen LogP contribution in [0, 0.1) is 0 Å². The third-order valence-electron chi connectivity index (χ3n) is 5.72. The van der Waals surface area contributed by atoms with Crippen molar-refractivity contribution in [3.63, 3.8) is 0 Å². The molecule has 174 valence electrons. The van der Waals surface area contributed by atoms with Crippen molar-refractivity contribution in [1.82, 2.24) is 9.55 Å². The van der Waals surface area contributed by atoms with Crippen molar-refractivity contribution in [3.8, 4) is 11.4 Å². The molecule has 34 heavy (non-hydrogen) atoms. The minimum absolute atomic E-state index is 0.0224. The summed E-state index contributed by atoms with van der Waals surface area (Å²) in [5.74, 6) is 0.117. The van der Waals surface area contributed by atoms with Gasteiger partial charge < -0.3 is 4.90 Å². The fraction of sp³-hybridized carbons (Fsp3) is 0.167. The number of alkyl halides is 2. The maximum Gasteiger partial charge on any atom is 0.320 e. The second kappa shape index (κ2) is 8.53. The van der Waals surface area contributed by atoms with Crippen molar-refractivity contribution in [1.29, 1.82) is 0 Å². The molecule has 0 spiro atoms. The molecule has 3 aromatic carbocycles. The number of amides is 1. The number of anilines is 2. The van der Waals surface area contributed by atoms with Crippen LogP contribution in [0.25, 0.3) is 22.4 Å². The van der Waals surface area contributed by atoms with Gasteiger partial charge in [-0.05, 0) is 67.1 Å². The SMILES string of the molecule is O=C1CCCN1c1ccc(S(=O)(=O)Nc2ccc(-c3nc4ccccc4n3C(F)F)cc2)cc1. The minimum atomic E-state index is -3.88. The van der Waals surface area contributed by atoms with Crippen molar-refractivity contribution in [2.45, 2.75) is 24.3 Å². The number of fused-ring (bicyclic) bond motifs is 1. The summed E-state index contributed by atoms with van der Waals surface area (Å²) in [5.41, 5.74) is 2.13. The van der Waals surface area contributed by atoms with E-state index in [1.165, 1.54) is 24.3 Å². The number of sulfonamides is 1. The van der Waals surface area contributed by atoms with Crippen LogP contribution in [-0.4, -0.2) is 30.4 Å². The summed E-state index contributed by atoms with van der Waals surface area (Å²) in [7, 11) is -3.88. The van der Waals surface area contributed by atoms with Crippen molar-refractivity contribution in [2.75, 3.05) is 16.2 Å². The molecule has 4 aromatic rings. The zero-order valence-electron chi connectivity index (χ0n) is 17.9. The lowest BCUT2D eigenvalue weighted by Crippen LogP contribution is -2.23. The van der Waals surface area contributed by atoms with E-state index in [9.17, 15) is 22.0 Å². The highest BCUT2D eigenvalue weighted by Gasteiger charge is 2.23. The molecule has 0 bridgehead atoms. The Morgan fingerprint density at radius 2 is 1.65 bits per heavy atom. The van der Waals surface area contributed by atoms with Gasteiger partial charge in [0.15, 0.2) is 0 Å². The number of nitrogens with zero attached hydrogens (tertiary/aromatic N) is 3. The Morgan fingerprint density at radius 1 is 0.941 bits per heavy atom. The van der Waals surface area contributed by atoms with Gasteiger partial charge >= 0.3 is 6.55 Å². The maximum absolute atomic E-state index is 13.7. The molecule has 0 atom stereocenters. The van der Waals surface area contributed by atoms with Gasteiger partial charge in [-0.15, -0.1) is 0 Å². The second-order valence-corrected chi connectivity index (χ2v) is 9.58. The van der Waals surface area contributed by atoms with Crippen LogP contribution in [0.5, 0.6) is 0 Å². The van der Waals surface area contributed by atoms with E-state index in [2.05, 4.69) is 9.71 Å². The van der Waals surface area contributed by atoms with Crippen LogP contribution in [0.1, 0.15) is 19.4 Å². The molecule has 7 nitrogen and oxygen atoms in total. The zero-order chi connectivity index (χ0) is 23.9. The number of benzene rings is 3. The summed E-state index contributed by atoms with van der Waals surface area (Å²) >= 11 is 0. The molecule has 10 heteroatoms. The van der Waals surface area contributed by atoms with Crippen molar-refractivity contribution in [2.24, 2.45) is 0 Å². The predicted octanol–water partition coefficient (Wildman–Crippen LogP) is 5.03. The number of hydrogen-bond donors (Lipinski definition) is 1. The van der Waals surface area contributed by atoms with Gasteiger partial charge in [0, 0.05) is 29.9 Å². The van der Waals surface area contributed by atoms with Crippen LogP contribution in [0.3, 0.4) is 0 Å². The highest BCUT2D eigenvalue weighted by Crippen LogP contribution is 2.31. The Labute approximate surface area is 194 Å². The van der Waals surface area contributed by atoms with Crippen molar-refractivity contribution in [3.05, 3.63) is 72.8 Å². The Hall–Kier alpha value is -3.79. The molecule has 0 radical (unpaired) electrons. The molecule has 1 aliphatic rings. The molecule has 5 rings (SSSR count). The molecular formula is C24H20F2N4O3S. The van der Waals surface area contributed by atoms with Crippen LogP contribution in [0.15, 0.2) is 77.7 Å². The van der Waals surface area contributed by atoms with Crippen molar-refractivity contribution < 1.29 is 22.0 Å². The van der Waals surface area contributed by atoms with Gasteiger partial charge in [0.2, 0.25) is 5.91 Å². The van der Waals surface area contributed by atoms with Gasteiger partial charge in [0.1, 0.15) is 5.82 Å². The molecule has 1 N–H and O–H groups in total. The minimum Gasteiger partial charge on any atom is -0.312 e. The smallest absolute Gasteiger partial charge is 0.312 e. The lowest BCUT2D eigenvalue weighted by molar-refractivity contribution is -0.117. The monoisotopic (exact) mass is 482 g/mol. The third-order valence-corrected chi connectivity index (χ3v) is 7.12. The number of carbonyl (C=O) groups excluding carboxylic acids is 1. The number of aromatic nitrogens is 2. The highest BCUT2D eigenvalue weighted by molar-refractivity contribution is 7.92. The number of halogens is 2. The van der Waals surface area contributed by atoms with Crippen LogP contribution >= 0.6 is 0 Å². The molecule has 1 aliphatic heterocycles. The fourth-order valence-electron chi connectivity index (χ4n) is 4.07. The average molecular weight is 483 g/mol. The molecule has 2 heterocycles. The van der Waals surface area contributed by atoms with Crippen molar-refractivity contribution >= 4 is 38.3 Å². The largest absolute Gasteiger partial charge is 0.320 e. The normalized spacial score (nSPS) is 14.3. The number of imidazole rings is 1. The summed E-state index contributed by atoms with van der Waals surface area (Å²) in [4.78, 5) is 17.9. The fourth-order valence-corrected chi connectivity index (χ4v) is 5.13. The summed E-state index contributed by atoms with van der Waals surface area (Å²) in [5, 5.41) is 0. The predicted molar refractivity (Wildman–Crippen MR) is 125 cm³/mol. The lowest BCUT2D eigenvalue weighted by atomic mass is 10.2. The first-order chi connectivity index (χ1) is 16.3. The average Bonchev–Trinajstić information content (AvgIpc) is 3.43. The van der Waals surface area contributed by atoms with E-state index in [0.29, 0.717) is 35.2 Å². The van der Waals surface area contributed by atoms with Gasteiger partial charge in [-0.3, -0.25) is 14.1 Å². The van der Waals surface area contributed by atoms with Crippen LogP contribution in [-0.2, 0) is 14.8 Å². The number of carbonyl (C=O) groups is 1. The van der Waals surface area contributed by atoms with Gasteiger partial charge in [0.25, 0.3) is 10.0 Å². The number of nitrogens with one attached hydrogen (secondary N) is 1. The molecule has 0 aliphatic carbocycles. The standard InChI is InChI=1S/C24H20F2N4O3S/c25-24(26)30-21-5-2-1-4-20(21)27-23(30)16-7-9-17(10-8-16)28-34(32,33)19-13-11-18(12-14-19)29-15-3-6-22(29)31/h1-2,4-5,7-14,24,28H,3,6,15H2. The van der Waals surface area contributed by atoms with Gasteiger partial charge in [-0.25, -0.2) is 13.4 Å². The number of rotatable bonds is 6. The highest BCUT2D eigenvalue weighted by atomic mass is 32.2. The summed E-state index contributed by atoms with van der Waals surface area (Å²) in [6.07, 6.45) is 1.27. The summed E-state index contributed by atoms with van der Waals surface area (Å²) in [6, 6.07) is 18.8. The quantitative estimate of drug-likeness (QED) is 0.418. The Balaban J connectivity index is 1.38. The number of para-hydroxylation sites is 2. The van der Waals surface area contributed by atoms with E-state index in [1.807, 2.05) is 0 Å². The first-order valence-electron chi connectivity index (χ1n) is 10.6. The third kappa shape index (κ3) is 4.01. The first kappa shape index (κ1) is 22.0. The van der Waals surface area contributed by atoms with Crippen LogP contribution in [0.4, 0.5) is 20.2 Å². The van der Waals surface area contributed by atoms with Gasteiger partial charge in [0.05, 0.1) is 15.9 Å². The first-order valence-corrected chi connectivity index (χ1v) is 12.1. The molecule has 1 fully saturated rings. The van der Waals surface area contributed by atoms with Crippen LogP contribution < -0.4 is 9.62 Å². The second-order valence-electron chi connectivity index (χ2n) is 7.90. The topological polar surface area (TPSA) is 84.3 Å². The summed E-state index contributed by atoms with van der Waals surface area (Å²) in [6.45, 7) is -2.16. The Morgan fingerprint density at radius 3 is 2.29 bits per heavy atom. The molecule has 0 saturated carbocycles. The maximum atomic E-state index is 13.7. The van der Waals surface area contributed by atoms with Gasteiger partial charge in [-0.1, -0.05) is 12.1 Å². The van der Waals surface area contributed by atoms with E-state index in [0.717, 1.165) is 11.0 Å². The Kier molecular flexibility index (Phi) is 5.52. The molecule has 0 unspecified atom stereocenters.